The second kappa shape index (κ2) is 6.39. The Labute approximate surface area is 153 Å². The maximum atomic E-state index is 14.2. The summed E-state index contributed by atoms with van der Waals surface area (Å²) in [5, 5.41) is 12.7. The van der Waals surface area contributed by atoms with Gasteiger partial charge in [0.1, 0.15) is 23.8 Å². The van der Waals surface area contributed by atoms with E-state index in [1.807, 2.05) is 0 Å². The van der Waals surface area contributed by atoms with Crippen LogP contribution in [0.4, 0.5) is 14.6 Å². The minimum Gasteiger partial charge on any atom is -0.504 e. The first kappa shape index (κ1) is 17.0. The largest absolute Gasteiger partial charge is 0.504 e. The zero-order chi connectivity index (χ0) is 19.1. The molecule has 1 aliphatic heterocycles. The summed E-state index contributed by atoms with van der Waals surface area (Å²) in [4.78, 5) is 16.6. The number of nitrogens with one attached hydrogen (secondary N) is 1. The summed E-state index contributed by atoms with van der Waals surface area (Å²) in [5.74, 6) is -1.45. The first-order chi connectivity index (χ1) is 13.0. The molecule has 8 heteroatoms. The van der Waals surface area contributed by atoms with Crippen LogP contribution in [0.3, 0.4) is 0 Å². The number of methoxy groups -OCH3 is 1. The maximum Gasteiger partial charge on any atom is 0.226 e. The van der Waals surface area contributed by atoms with Crippen molar-refractivity contribution in [2.24, 2.45) is 0 Å². The number of hydrogen-bond acceptors (Lipinski definition) is 4. The van der Waals surface area contributed by atoms with Gasteiger partial charge in [0, 0.05) is 18.4 Å². The van der Waals surface area contributed by atoms with Crippen LogP contribution in [0.1, 0.15) is 23.6 Å². The molecule has 0 aliphatic carbocycles. The zero-order valence-electron chi connectivity index (χ0n) is 14.2. The minimum absolute atomic E-state index is 0.0534. The van der Waals surface area contributed by atoms with Crippen LogP contribution in [0.5, 0.6) is 11.5 Å². The van der Waals surface area contributed by atoms with Gasteiger partial charge in [-0.3, -0.25) is 9.36 Å². The Morgan fingerprint density at radius 1 is 1.26 bits per heavy atom. The molecule has 6 nitrogen and oxygen atoms in total. The zero-order valence-corrected chi connectivity index (χ0v) is 14.2. The topological polar surface area (TPSA) is 76.4 Å². The summed E-state index contributed by atoms with van der Waals surface area (Å²) in [6.45, 7) is 0. The number of benzene rings is 2. The van der Waals surface area contributed by atoms with Gasteiger partial charge in [0.2, 0.25) is 5.91 Å². The summed E-state index contributed by atoms with van der Waals surface area (Å²) in [5.41, 5.74) is 1.11. The van der Waals surface area contributed by atoms with Crippen LogP contribution in [-0.4, -0.2) is 27.7 Å². The molecule has 4 rings (SSSR count). The number of carbonyl (C=O) groups excluding carboxylic acids is 1. The highest BCUT2D eigenvalue weighted by Gasteiger charge is 2.32. The number of nitrogens with zero attached hydrogens (tertiary/aromatic N) is 2. The Bertz CT molecular complexity index is 1050. The van der Waals surface area contributed by atoms with E-state index in [0.717, 1.165) is 18.2 Å². The van der Waals surface area contributed by atoms with Gasteiger partial charge >= 0.3 is 0 Å². The van der Waals surface area contributed by atoms with E-state index in [-0.39, 0.29) is 29.6 Å². The van der Waals surface area contributed by atoms with E-state index in [2.05, 4.69) is 10.3 Å². The average molecular weight is 371 g/mol. The molecule has 0 saturated heterocycles. The molecule has 2 heterocycles. The van der Waals surface area contributed by atoms with Gasteiger partial charge in [0.25, 0.3) is 0 Å². The second-order valence-electron chi connectivity index (χ2n) is 6.18. The summed E-state index contributed by atoms with van der Waals surface area (Å²) >= 11 is 0. The van der Waals surface area contributed by atoms with E-state index in [0.29, 0.717) is 17.0 Å². The number of aromatic hydroxyl groups is 1. The smallest absolute Gasteiger partial charge is 0.226 e. The molecule has 1 unspecified atom stereocenters. The van der Waals surface area contributed by atoms with Crippen LogP contribution in [0.15, 0.2) is 42.7 Å². The standard InChI is InChI=1S/C19H15F2N3O3/c1-27-16-5-2-10(6-15(16)25)12-8-17(26)23-19-18(12)22-9-24(19)14-7-11(20)3-4-13(14)21/h2-7,9,12,25H,8H2,1H3,(H,23,26). The molecule has 1 atom stereocenters. The lowest BCUT2D eigenvalue weighted by Gasteiger charge is -2.23. The molecule has 0 bridgehead atoms. The molecular formula is C19H15F2N3O3. The van der Waals surface area contributed by atoms with Crippen molar-refractivity contribution in [1.82, 2.24) is 9.55 Å². The highest BCUT2D eigenvalue weighted by Crippen LogP contribution is 2.40. The summed E-state index contributed by atoms with van der Waals surface area (Å²) in [6, 6.07) is 7.90. The van der Waals surface area contributed by atoms with Gasteiger partial charge < -0.3 is 15.2 Å². The van der Waals surface area contributed by atoms with Gasteiger partial charge in [-0.2, -0.15) is 0 Å². The first-order valence-electron chi connectivity index (χ1n) is 8.17. The number of amides is 1. The third-order valence-electron chi connectivity index (χ3n) is 4.55. The van der Waals surface area contributed by atoms with Gasteiger partial charge in [0.15, 0.2) is 11.5 Å². The van der Waals surface area contributed by atoms with Crippen molar-refractivity contribution in [1.29, 1.82) is 0 Å². The molecular weight excluding hydrogens is 356 g/mol. The van der Waals surface area contributed by atoms with E-state index >= 15 is 0 Å². The molecule has 27 heavy (non-hydrogen) atoms. The fraction of sp³-hybridized carbons (Fsp3) is 0.158. The highest BCUT2D eigenvalue weighted by atomic mass is 19.1. The monoisotopic (exact) mass is 371 g/mol. The Kier molecular flexibility index (Phi) is 4.02. The van der Waals surface area contributed by atoms with E-state index in [1.54, 1.807) is 12.1 Å². The van der Waals surface area contributed by atoms with Crippen LogP contribution in [0.25, 0.3) is 5.69 Å². The lowest BCUT2D eigenvalue weighted by molar-refractivity contribution is -0.116. The molecule has 2 aromatic carbocycles. The van der Waals surface area contributed by atoms with Crippen LogP contribution in [0, 0.1) is 11.6 Å². The molecule has 1 aromatic heterocycles. The maximum absolute atomic E-state index is 14.2. The van der Waals surface area contributed by atoms with Crippen LogP contribution in [-0.2, 0) is 4.79 Å². The Balaban J connectivity index is 1.82. The molecule has 1 aliphatic rings. The van der Waals surface area contributed by atoms with E-state index in [9.17, 15) is 18.7 Å². The lowest BCUT2D eigenvalue weighted by atomic mass is 9.89. The second-order valence-corrected chi connectivity index (χ2v) is 6.18. The number of rotatable bonds is 3. The molecule has 0 radical (unpaired) electrons. The molecule has 0 spiro atoms. The van der Waals surface area contributed by atoms with E-state index in [4.69, 9.17) is 4.74 Å². The lowest BCUT2D eigenvalue weighted by Crippen LogP contribution is -2.25. The molecule has 3 aromatic rings. The minimum atomic E-state index is -0.643. The number of hydrogen-bond donors (Lipinski definition) is 2. The van der Waals surface area contributed by atoms with Crippen LogP contribution >= 0.6 is 0 Å². The number of imidazole rings is 1. The molecule has 138 valence electrons. The van der Waals surface area contributed by atoms with E-state index < -0.39 is 17.6 Å². The predicted octanol–water partition coefficient (Wildman–Crippen LogP) is 3.34. The number of anilines is 1. The van der Waals surface area contributed by atoms with Crippen molar-refractivity contribution in [2.75, 3.05) is 12.4 Å². The quantitative estimate of drug-likeness (QED) is 0.740. The van der Waals surface area contributed by atoms with E-state index in [1.165, 1.54) is 24.1 Å². The van der Waals surface area contributed by atoms with Crippen LogP contribution in [0.2, 0.25) is 0 Å². The van der Waals surface area contributed by atoms with Gasteiger partial charge in [-0.15, -0.1) is 0 Å². The molecule has 2 N–H and O–H groups in total. The number of phenols is 1. The molecule has 0 fully saturated rings. The Hall–Kier alpha value is -3.42. The number of phenolic OH excluding ortho intramolecular Hbond substituents is 1. The third-order valence-corrected chi connectivity index (χ3v) is 4.55. The SMILES string of the molecule is COc1ccc(C2CC(=O)Nc3c2ncn3-c2cc(F)ccc2F)cc1O. The van der Waals surface area contributed by atoms with Gasteiger partial charge in [-0.25, -0.2) is 13.8 Å². The number of halogens is 2. The van der Waals surface area contributed by atoms with Crippen molar-refractivity contribution < 1.29 is 23.4 Å². The summed E-state index contributed by atoms with van der Waals surface area (Å²) < 4.78 is 34.1. The Morgan fingerprint density at radius 2 is 2.07 bits per heavy atom. The molecule has 0 saturated carbocycles. The van der Waals surface area contributed by atoms with Crippen molar-refractivity contribution in [2.45, 2.75) is 12.3 Å². The third kappa shape index (κ3) is 2.88. The first-order valence-corrected chi connectivity index (χ1v) is 8.17. The number of carbonyl (C=O) groups is 1. The average Bonchev–Trinajstić information content (AvgIpc) is 3.06. The number of aromatic nitrogens is 2. The normalized spacial score (nSPS) is 16.0. The molecule has 1 amide bonds. The fourth-order valence-electron chi connectivity index (χ4n) is 3.26. The van der Waals surface area contributed by atoms with Crippen molar-refractivity contribution in [3.05, 3.63) is 65.6 Å². The van der Waals surface area contributed by atoms with Gasteiger partial charge in [-0.05, 0) is 29.8 Å². The summed E-state index contributed by atoms with van der Waals surface area (Å²) in [6.07, 6.45) is 1.45. The van der Waals surface area contributed by atoms with Gasteiger partial charge in [0.05, 0.1) is 18.5 Å². The van der Waals surface area contributed by atoms with Gasteiger partial charge in [-0.1, -0.05) is 6.07 Å². The number of ether oxygens (including phenoxy) is 1. The van der Waals surface area contributed by atoms with Crippen molar-refractivity contribution in [3.8, 4) is 17.2 Å². The number of fused-ring (bicyclic) bond motifs is 1. The Morgan fingerprint density at radius 3 is 2.81 bits per heavy atom. The van der Waals surface area contributed by atoms with Crippen molar-refractivity contribution in [3.63, 3.8) is 0 Å². The van der Waals surface area contributed by atoms with Crippen molar-refractivity contribution >= 4 is 11.7 Å². The highest BCUT2D eigenvalue weighted by molar-refractivity contribution is 5.94. The van der Waals surface area contributed by atoms with Crippen LogP contribution < -0.4 is 10.1 Å². The predicted molar refractivity (Wildman–Crippen MR) is 93.2 cm³/mol. The fourth-order valence-corrected chi connectivity index (χ4v) is 3.26. The summed E-state index contributed by atoms with van der Waals surface area (Å²) in [7, 11) is 1.44.